The largest absolute Gasteiger partial charge is 0.493 e. The second-order valence-corrected chi connectivity index (χ2v) is 5.50. The lowest BCUT2D eigenvalue weighted by Crippen LogP contribution is -2.03. The Morgan fingerprint density at radius 2 is 1.62 bits per heavy atom. The van der Waals surface area contributed by atoms with E-state index in [4.69, 9.17) is 9.94 Å². The van der Waals surface area contributed by atoms with Gasteiger partial charge in [0, 0.05) is 5.56 Å². The van der Waals surface area contributed by atoms with Crippen LogP contribution < -0.4 is 4.74 Å². The van der Waals surface area contributed by atoms with Gasteiger partial charge in [0.15, 0.2) is 0 Å². The van der Waals surface area contributed by atoms with Crippen LogP contribution in [0.2, 0.25) is 0 Å². The number of rotatable bonds is 11. The van der Waals surface area contributed by atoms with E-state index < -0.39 is 0 Å². The van der Waals surface area contributed by atoms with Gasteiger partial charge in [0.25, 0.3) is 0 Å². The van der Waals surface area contributed by atoms with Crippen molar-refractivity contribution in [2.24, 2.45) is 5.16 Å². The summed E-state index contributed by atoms with van der Waals surface area (Å²) >= 11 is 0. The standard InChI is InChI=1S/C18H29NO2/c1-3-4-5-6-7-8-9-12-15-21-18-14-11-10-13-17(18)16(2)19-20/h10-11,13-14,20H,3-9,12,15H2,1-2H3. The Morgan fingerprint density at radius 1 is 1.00 bits per heavy atom. The number of hydrogen-bond donors (Lipinski definition) is 1. The van der Waals surface area contributed by atoms with E-state index >= 15 is 0 Å². The molecule has 0 spiro atoms. The average Bonchev–Trinajstić information content (AvgIpc) is 2.53. The molecule has 0 radical (unpaired) electrons. The lowest BCUT2D eigenvalue weighted by molar-refractivity contribution is 0.302. The van der Waals surface area contributed by atoms with Gasteiger partial charge in [-0.1, -0.05) is 69.2 Å². The minimum atomic E-state index is 0.585. The molecule has 21 heavy (non-hydrogen) atoms. The molecule has 0 fully saturated rings. The molecule has 3 heteroatoms. The third kappa shape index (κ3) is 7.16. The molecule has 0 unspecified atom stereocenters. The Labute approximate surface area is 129 Å². The SMILES string of the molecule is CCCCCCCCCCOc1ccccc1C(C)=NO. The fourth-order valence-corrected chi connectivity index (χ4v) is 2.36. The van der Waals surface area contributed by atoms with Gasteiger partial charge in [0.05, 0.1) is 12.3 Å². The third-order valence-corrected chi connectivity index (χ3v) is 3.68. The van der Waals surface area contributed by atoms with E-state index in [1.807, 2.05) is 24.3 Å². The van der Waals surface area contributed by atoms with Gasteiger partial charge in [-0.3, -0.25) is 0 Å². The highest BCUT2D eigenvalue weighted by atomic mass is 16.5. The van der Waals surface area contributed by atoms with E-state index in [1.54, 1.807) is 6.92 Å². The fourth-order valence-electron chi connectivity index (χ4n) is 2.36. The number of benzene rings is 1. The zero-order valence-electron chi connectivity index (χ0n) is 13.5. The van der Waals surface area contributed by atoms with Crippen LogP contribution in [0.25, 0.3) is 0 Å². The van der Waals surface area contributed by atoms with Crippen LogP contribution in [-0.2, 0) is 0 Å². The molecule has 0 aliphatic heterocycles. The Hall–Kier alpha value is -1.51. The lowest BCUT2D eigenvalue weighted by Gasteiger charge is -2.10. The maximum atomic E-state index is 8.88. The minimum absolute atomic E-state index is 0.585. The maximum absolute atomic E-state index is 8.88. The zero-order chi connectivity index (χ0) is 15.3. The summed E-state index contributed by atoms with van der Waals surface area (Å²) in [5, 5.41) is 12.1. The molecule has 118 valence electrons. The smallest absolute Gasteiger partial charge is 0.128 e. The van der Waals surface area contributed by atoms with Gasteiger partial charge in [-0.15, -0.1) is 0 Å². The average molecular weight is 291 g/mol. The topological polar surface area (TPSA) is 41.8 Å². The van der Waals surface area contributed by atoms with Crippen LogP contribution in [0, 0.1) is 0 Å². The Kier molecular flexibility index (Phi) is 9.34. The monoisotopic (exact) mass is 291 g/mol. The summed E-state index contributed by atoms with van der Waals surface area (Å²) in [6.45, 7) is 4.75. The summed E-state index contributed by atoms with van der Waals surface area (Å²) in [5.74, 6) is 0.802. The predicted molar refractivity (Wildman–Crippen MR) is 88.5 cm³/mol. The van der Waals surface area contributed by atoms with E-state index in [2.05, 4.69) is 12.1 Å². The maximum Gasteiger partial charge on any atom is 0.128 e. The predicted octanol–water partition coefficient (Wildman–Crippen LogP) is 5.40. The molecule has 1 aromatic rings. The zero-order valence-corrected chi connectivity index (χ0v) is 13.5. The van der Waals surface area contributed by atoms with Crippen molar-refractivity contribution < 1.29 is 9.94 Å². The van der Waals surface area contributed by atoms with Gasteiger partial charge in [0.1, 0.15) is 5.75 Å². The first-order valence-corrected chi connectivity index (χ1v) is 8.20. The van der Waals surface area contributed by atoms with Crippen molar-refractivity contribution in [3.8, 4) is 5.75 Å². The van der Waals surface area contributed by atoms with Crippen molar-refractivity contribution in [2.75, 3.05) is 6.61 Å². The molecular weight excluding hydrogens is 262 g/mol. The highest BCUT2D eigenvalue weighted by Gasteiger charge is 2.06. The van der Waals surface area contributed by atoms with Crippen LogP contribution in [0.4, 0.5) is 0 Å². The van der Waals surface area contributed by atoms with Crippen molar-refractivity contribution in [3.05, 3.63) is 29.8 Å². The van der Waals surface area contributed by atoms with Gasteiger partial charge in [0.2, 0.25) is 0 Å². The van der Waals surface area contributed by atoms with Crippen molar-refractivity contribution in [2.45, 2.75) is 65.2 Å². The molecule has 0 saturated heterocycles. The van der Waals surface area contributed by atoms with Crippen LogP contribution in [0.3, 0.4) is 0 Å². The number of hydrogen-bond acceptors (Lipinski definition) is 3. The van der Waals surface area contributed by atoms with Crippen LogP contribution in [0.1, 0.15) is 70.8 Å². The van der Waals surface area contributed by atoms with Crippen LogP contribution in [-0.4, -0.2) is 17.5 Å². The van der Waals surface area contributed by atoms with Gasteiger partial charge in [-0.2, -0.15) is 0 Å². The molecule has 1 aromatic carbocycles. The van der Waals surface area contributed by atoms with E-state index in [0.29, 0.717) is 5.71 Å². The molecule has 0 aliphatic rings. The molecule has 1 N–H and O–H groups in total. The Morgan fingerprint density at radius 3 is 2.29 bits per heavy atom. The summed E-state index contributed by atoms with van der Waals surface area (Å²) in [7, 11) is 0. The normalized spacial score (nSPS) is 11.6. The van der Waals surface area contributed by atoms with E-state index in [-0.39, 0.29) is 0 Å². The summed E-state index contributed by atoms with van der Waals surface area (Å²) in [4.78, 5) is 0. The molecule has 0 amide bonds. The first-order chi connectivity index (χ1) is 10.3. The quantitative estimate of drug-likeness (QED) is 0.256. The number of ether oxygens (including phenoxy) is 1. The molecular formula is C18H29NO2. The van der Waals surface area contributed by atoms with E-state index in [1.165, 1.54) is 44.9 Å². The summed E-state index contributed by atoms with van der Waals surface area (Å²) < 4.78 is 5.81. The molecule has 0 atom stereocenters. The third-order valence-electron chi connectivity index (χ3n) is 3.68. The number of oxime groups is 1. The van der Waals surface area contributed by atoms with Crippen molar-refractivity contribution in [1.82, 2.24) is 0 Å². The molecule has 1 rings (SSSR count). The summed E-state index contributed by atoms with van der Waals surface area (Å²) in [6.07, 6.45) is 10.4. The van der Waals surface area contributed by atoms with Crippen LogP contribution in [0.5, 0.6) is 5.75 Å². The highest BCUT2D eigenvalue weighted by Crippen LogP contribution is 2.19. The first-order valence-electron chi connectivity index (χ1n) is 8.20. The second-order valence-electron chi connectivity index (χ2n) is 5.50. The first kappa shape index (κ1) is 17.5. The number of para-hydroxylation sites is 1. The molecule has 0 aliphatic carbocycles. The number of nitrogens with zero attached hydrogens (tertiary/aromatic N) is 1. The van der Waals surface area contributed by atoms with Crippen molar-refractivity contribution >= 4 is 5.71 Å². The Balaban J connectivity index is 2.19. The van der Waals surface area contributed by atoms with Gasteiger partial charge >= 0.3 is 0 Å². The van der Waals surface area contributed by atoms with E-state index in [9.17, 15) is 0 Å². The minimum Gasteiger partial charge on any atom is -0.493 e. The summed E-state index contributed by atoms with van der Waals surface area (Å²) in [5.41, 5.74) is 1.45. The van der Waals surface area contributed by atoms with Gasteiger partial charge in [-0.25, -0.2) is 0 Å². The van der Waals surface area contributed by atoms with Crippen molar-refractivity contribution in [1.29, 1.82) is 0 Å². The number of unbranched alkanes of at least 4 members (excludes halogenated alkanes) is 7. The van der Waals surface area contributed by atoms with E-state index in [0.717, 1.165) is 24.3 Å². The van der Waals surface area contributed by atoms with Gasteiger partial charge in [-0.05, 0) is 25.5 Å². The van der Waals surface area contributed by atoms with Crippen molar-refractivity contribution in [3.63, 3.8) is 0 Å². The summed E-state index contributed by atoms with van der Waals surface area (Å²) in [6, 6.07) is 7.71. The van der Waals surface area contributed by atoms with Crippen LogP contribution >= 0.6 is 0 Å². The Bertz CT molecular complexity index is 415. The lowest BCUT2D eigenvalue weighted by atomic mass is 10.1. The molecule has 0 heterocycles. The molecule has 0 aromatic heterocycles. The van der Waals surface area contributed by atoms with Crippen LogP contribution in [0.15, 0.2) is 29.4 Å². The highest BCUT2D eigenvalue weighted by molar-refractivity contribution is 6.00. The van der Waals surface area contributed by atoms with Gasteiger partial charge < -0.3 is 9.94 Å². The molecule has 3 nitrogen and oxygen atoms in total. The molecule has 0 saturated carbocycles. The fraction of sp³-hybridized carbons (Fsp3) is 0.611. The molecule has 0 bridgehead atoms. The second kappa shape index (κ2) is 11.2.